The molecule has 2 aromatic carbocycles. The van der Waals surface area contributed by atoms with Crippen LogP contribution < -0.4 is 11.1 Å². The van der Waals surface area contributed by atoms with Gasteiger partial charge < -0.3 is 11.1 Å². The average Bonchev–Trinajstić information content (AvgIpc) is 3.01. The number of nitrogens with zero attached hydrogens (tertiary/aromatic N) is 1. The van der Waals surface area contributed by atoms with Crippen LogP contribution in [0.5, 0.6) is 0 Å². The number of alkyl halides is 1. The number of rotatable bonds is 5. The zero-order valence-corrected chi connectivity index (χ0v) is 13.9. The number of benzene rings is 2. The van der Waals surface area contributed by atoms with Crippen LogP contribution in [0.4, 0.5) is 14.5 Å². The largest absolute Gasteiger partial charge is 0.358 e. The zero-order chi connectivity index (χ0) is 18.7. The first kappa shape index (κ1) is 17.8. The lowest BCUT2D eigenvalue weighted by Crippen LogP contribution is -2.20. The quantitative estimate of drug-likeness (QED) is 0.854. The molecule has 2 aromatic rings. The maximum absolute atomic E-state index is 14.3. The van der Waals surface area contributed by atoms with Gasteiger partial charge in [-0.1, -0.05) is 18.2 Å². The van der Waals surface area contributed by atoms with E-state index >= 15 is 0 Å². The molecular weight excluding hydrogens is 336 g/mol. The minimum Gasteiger partial charge on any atom is -0.358 e. The number of Topliss-reactive ketones (excluding diaryl/α,β-unsaturated/α-hetero) is 1. The first-order valence-electron chi connectivity index (χ1n) is 8.16. The SMILES string of the molecule is N#Cc1ccc(C(N)C2=C(Nc3cccc(CF)c3)CCC2=O)c(F)c1. The first-order valence-corrected chi connectivity index (χ1v) is 8.16. The summed E-state index contributed by atoms with van der Waals surface area (Å²) in [4.78, 5) is 12.3. The van der Waals surface area contributed by atoms with E-state index in [0.29, 0.717) is 28.9 Å². The van der Waals surface area contributed by atoms with Crippen LogP contribution in [0, 0.1) is 17.1 Å². The molecule has 1 aliphatic carbocycles. The van der Waals surface area contributed by atoms with Gasteiger partial charge in [0.25, 0.3) is 0 Å². The maximum Gasteiger partial charge on any atom is 0.162 e. The normalized spacial score (nSPS) is 15.1. The van der Waals surface area contributed by atoms with E-state index in [1.54, 1.807) is 24.3 Å². The molecule has 0 spiro atoms. The predicted octanol–water partition coefficient (Wildman–Crippen LogP) is 3.90. The first-order chi connectivity index (χ1) is 12.5. The highest BCUT2D eigenvalue weighted by atomic mass is 19.1. The number of nitrogens with two attached hydrogens (primary N) is 1. The van der Waals surface area contributed by atoms with Gasteiger partial charge in [-0.25, -0.2) is 8.78 Å². The van der Waals surface area contributed by atoms with Gasteiger partial charge in [-0.05, 0) is 36.2 Å². The molecule has 26 heavy (non-hydrogen) atoms. The Morgan fingerprint density at radius 3 is 2.73 bits per heavy atom. The second-order valence-corrected chi connectivity index (χ2v) is 6.10. The van der Waals surface area contributed by atoms with Gasteiger partial charge in [0.2, 0.25) is 0 Å². The summed E-state index contributed by atoms with van der Waals surface area (Å²) < 4.78 is 27.1. The molecule has 0 aromatic heterocycles. The Morgan fingerprint density at radius 1 is 1.23 bits per heavy atom. The molecule has 0 aliphatic heterocycles. The summed E-state index contributed by atoms with van der Waals surface area (Å²) in [6, 6.07) is 11.7. The summed E-state index contributed by atoms with van der Waals surface area (Å²) in [5.41, 5.74) is 8.62. The topological polar surface area (TPSA) is 78.9 Å². The number of hydrogen-bond donors (Lipinski definition) is 2. The van der Waals surface area contributed by atoms with Gasteiger partial charge in [-0.3, -0.25) is 4.79 Å². The van der Waals surface area contributed by atoms with Crippen LogP contribution in [0.2, 0.25) is 0 Å². The Bertz CT molecular complexity index is 931. The highest BCUT2D eigenvalue weighted by Gasteiger charge is 2.30. The fourth-order valence-corrected chi connectivity index (χ4v) is 3.08. The summed E-state index contributed by atoms with van der Waals surface area (Å²) in [6.45, 7) is -0.587. The van der Waals surface area contributed by atoms with E-state index in [0.717, 1.165) is 6.07 Å². The molecule has 0 amide bonds. The summed E-state index contributed by atoms with van der Waals surface area (Å²) in [6.07, 6.45) is 0.742. The number of ketones is 1. The summed E-state index contributed by atoms with van der Waals surface area (Å²) >= 11 is 0. The molecule has 1 atom stereocenters. The molecular formula is C20H17F2N3O. The molecule has 4 nitrogen and oxygen atoms in total. The van der Waals surface area contributed by atoms with Crippen LogP contribution in [0.1, 0.15) is 35.6 Å². The molecule has 3 rings (SSSR count). The predicted molar refractivity (Wildman–Crippen MR) is 94.2 cm³/mol. The van der Waals surface area contributed by atoms with E-state index in [2.05, 4.69) is 5.32 Å². The molecule has 1 aliphatic rings. The standard InChI is InChI=1S/C20H17F2N3O/c21-10-12-2-1-3-14(8-12)25-17-6-7-18(26)19(17)20(24)15-5-4-13(11-23)9-16(15)22/h1-5,8-9,20,25H,6-7,10,24H2. The monoisotopic (exact) mass is 353 g/mol. The number of halogens is 2. The molecule has 0 heterocycles. The van der Waals surface area contributed by atoms with Crippen molar-refractivity contribution in [3.05, 3.63) is 76.2 Å². The molecule has 0 saturated carbocycles. The summed E-state index contributed by atoms with van der Waals surface area (Å²) in [5.74, 6) is -0.770. The van der Waals surface area contributed by atoms with Crippen LogP contribution in [0.15, 0.2) is 53.7 Å². The van der Waals surface area contributed by atoms with E-state index in [-0.39, 0.29) is 23.3 Å². The van der Waals surface area contributed by atoms with Gasteiger partial charge in [-0.15, -0.1) is 0 Å². The smallest absolute Gasteiger partial charge is 0.162 e. The Kier molecular flexibility index (Phi) is 5.10. The van der Waals surface area contributed by atoms with Crippen LogP contribution in [-0.2, 0) is 11.5 Å². The lowest BCUT2D eigenvalue weighted by atomic mass is 9.96. The van der Waals surface area contributed by atoms with E-state index in [4.69, 9.17) is 11.0 Å². The number of hydrogen-bond acceptors (Lipinski definition) is 4. The lowest BCUT2D eigenvalue weighted by Gasteiger charge is -2.17. The maximum atomic E-state index is 14.3. The van der Waals surface area contributed by atoms with Crippen molar-refractivity contribution in [2.45, 2.75) is 25.6 Å². The highest BCUT2D eigenvalue weighted by molar-refractivity contribution is 6.00. The van der Waals surface area contributed by atoms with Crippen LogP contribution in [-0.4, -0.2) is 5.78 Å². The van der Waals surface area contributed by atoms with Crippen LogP contribution >= 0.6 is 0 Å². The van der Waals surface area contributed by atoms with Gasteiger partial charge in [0.05, 0.1) is 17.7 Å². The van der Waals surface area contributed by atoms with Crippen molar-refractivity contribution in [1.29, 1.82) is 5.26 Å². The van der Waals surface area contributed by atoms with Crippen molar-refractivity contribution in [2.75, 3.05) is 5.32 Å². The van der Waals surface area contributed by atoms with Crippen molar-refractivity contribution in [2.24, 2.45) is 5.73 Å². The Labute approximate surface area is 149 Å². The number of allylic oxidation sites excluding steroid dienone is 1. The Hall–Kier alpha value is -3.04. The lowest BCUT2D eigenvalue weighted by molar-refractivity contribution is -0.115. The number of carbonyl (C=O) groups excluding carboxylic acids is 1. The fraction of sp³-hybridized carbons (Fsp3) is 0.200. The second kappa shape index (κ2) is 7.46. The zero-order valence-electron chi connectivity index (χ0n) is 13.9. The number of anilines is 1. The van der Waals surface area contributed by atoms with E-state index < -0.39 is 18.5 Å². The third-order valence-electron chi connectivity index (χ3n) is 4.38. The van der Waals surface area contributed by atoms with Crippen molar-refractivity contribution >= 4 is 11.5 Å². The van der Waals surface area contributed by atoms with E-state index in [1.807, 2.05) is 6.07 Å². The minimum absolute atomic E-state index is 0.148. The summed E-state index contributed by atoms with van der Waals surface area (Å²) in [7, 11) is 0. The molecule has 0 fully saturated rings. The molecule has 0 saturated heterocycles. The van der Waals surface area contributed by atoms with Gasteiger partial charge in [0.15, 0.2) is 5.78 Å². The molecule has 0 bridgehead atoms. The molecule has 3 N–H and O–H groups in total. The number of carbonyl (C=O) groups is 1. The van der Waals surface area contributed by atoms with Gasteiger partial charge in [0.1, 0.15) is 12.5 Å². The van der Waals surface area contributed by atoms with Crippen molar-refractivity contribution in [1.82, 2.24) is 0 Å². The highest BCUT2D eigenvalue weighted by Crippen LogP contribution is 2.33. The minimum atomic E-state index is -0.940. The third kappa shape index (κ3) is 3.48. The molecule has 132 valence electrons. The molecule has 6 heteroatoms. The van der Waals surface area contributed by atoms with E-state index in [1.165, 1.54) is 12.1 Å². The average molecular weight is 353 g/mol. The number of nitrogens with one attached hydrogen (secondary N) is 1. The van der Waals surface area contributed by atoms with Gasteiger partial charge in [-0.2, -0.15) is 5.26 Å². The van der Waals surface area contributed by atoms with Gasteiger partial charge >= 0.3 is 0 Å². The number of nitriles is 1. The third-order valence-corrected chi connectivity index (χ3v) is 4.38. The van der Waals surface area contributed by atoms with Crippen LogP contribution in [0.25, 0.3) is 0 Å². The Balaban J connectivity index is 1.95. The fourth-order valence-electron chi connectivity index (χ4n) is 3.08. The molecule has 1 unspecified atom stereocenters. The second-order valence-electron chi connectivity index (χ2n) is 6.10. The van der Waals surface area contributed by atoms with Crippen molar-refractivity contribution < 1.29 is 13.6 Å². The van der Waals surface area contributed by atoms with Crippen molar-refractivity contribution in [3.63, 3.8) is 0 Å². The van der Waals surface area contributed by atoms with E-state index in [9.17, 15) is 13.6 Å². The summed E-state index contributed by atoms with van der Waals surface area (Å²) in [5, 5.41) is 12.0. The van der Waals surface area contributed by atoms with Crippen molar-refractivity contribution in [3.8, 4) is 6.07 Å². The van der Waals surface area contributed by atoms with Crippen LogP contribution in [0.3, 0.4) is 0 Å². The molecule has 0 radical (unpaired) electrons. The Morgan fingerprint density at radius 2 is 2.04 bits per heavy atom. The van der Waals surface area contributed by atoms with Gasteiger partial charge in [0, 0.05) is 28.9 Å².